The van der Waals surface area contributed by atoms with Gasteiger partial charge in [0.05, 0.1) is 9.21 Å². The van der Waals surface area contributed by atoms with Crippen LogP contribution in [0, 0.1) is 0 Å². The van der Waals surface area contributed by atoms with Gasteiger partial charge in [-0.1, -0.05) is 11.6 Å². The number of amides is 1. The van der Waals surface area contributed by atoms with Crippen LogP contribution in [0.2, 0.25) is 4.34 Å². The number of benzene rings is 1. The minimum atomic E-state index is -2.90. The number of carbonyl (C=O) groups is 2. The zero-order valence-electron chi connectivity index (χ0n) is 11.7. The van der Waals surface area contributed by atoms with Crippen LogP contribution in [0.25, 0.3) is 0 Å². The number of hydrogen-bond acceptors (Lipinski definition) is 4. The van der Waals surface area contributed by atoms with Gasteiger partial charge in [-0.05, 0) is 36.4 Å². The van der Waals surface area contributed by atoms with Crippen molar-refractivity contribution < 1.29 is 23.1 Å². The van der Waals surface area contributed by atoms with Crippen LogP contribution in [-0.2, 0) is 4.79 Å². The first-order valence-electron chi connectivity index (χ1n) is 6.57. The summed E-state index contributed by atoms with van der Waals surface area (Å²) >= 11 is 6.92. The summed E-state index contributed by atoms with van der Waals surface area (Å²) in [5.41, 5.74) is 0.434. The molecule has 122 valence electrons. The summed E-state index contributed by atoms with van der Waals surface area (Å²) < 4.78 is 28.8. The van der Waals surface area contributed by atoms with Crippen molar-refractivity contribution in [1.29, 1.82) is 0 Å². The molecule has 1 heterocycles. The Labute approximate surface area is 140 Å². The predicted molar refractivity (Wildman–Crippen MR) is 84.6 cm³/mol. The fourth-order valence-electron chi connectivity index (χ4n) is 1.76. The molecule has 0 aliphatic rings. The normalized spacial score (nSPS) is 10.6. The maximum atomic E-state index is 12.0. The predicted octanol–water partition coefficient (Wildman–Crippen LogP) is 4.60. The number of alkyl halides is 2. The number of anilines is 1. The monoisotopic (exact) mass is 359 g/mol. The Hall–Kier alpha value is -1.99. The molecule has 2 rings (SSSR count). The van der Waals surface area contributed by atoms with Crippen LogP contribution < -0.4 is 10.1 Å². The van der Waals surface area contributed by atoms with Gasteiger partial charge in [-0.25, -0.2) is 0 Å². The van der Waals surface area contributed by atoms with Crippen LogP contribution in [0.4, 0.5) is 14.5 Å². The van der Waals surface area contributed by atoms with E-state index in [0.717, 1.165) is 0 Å². The lowest BCUT2D eigenvalue weighted by atomic mass is 10.2. The molecule has 8 heteroatoms. The molecular formula is C15H12ClF2NO3S. The van der Waals surface area contributed by atoms with E-state index in [1.807, 2.05) is 0 Å². The van der Waals surface area contributed by atoms with Gasteiger partial charge in [-0.2, -0.15) is 8.78 Å². The quantitative estimate of drug-likeness (QED) is 0.735. The average molecular weight is 360 g/mol. The molecule has 0 aliphatic heterocycles. The van der Waals surface area contributed by atoms with Gasteiger partial charge in [0.1, 0.15) is 5.75 Å². The maximum absolute atomic E-state index is 12.0. The fourth-order valence-corrected chi connectivity index (χ4v) is 2.77. The molecule has 0 atom stereocenters. The van der Waals surface area contributed by atoms with Crippen molar-refractivity contribution in [3.8, 4) is 5.75 Å². The van der Waals surface area contributed by atoms with E-state index < -0.39 is 6.61 Å². The van der Waals surface area contributed by atoms with Crippen molar-refractivity contribution in [2.45, 2.75) is 19.5 Å². The highest BCUT2D eigenvalue weighted by Gasteiger charge is 2.12. The van der Waals surface area contributed by atoms with Gasteiger partial charge in [0, 0.05) is 18.5 Å². The van der Waals surface area contributed by atoms with E-state index in [4.69, 9.17) is 11.6 Å². The first-order chi connectivity index (χ1) is 10.9. The summed E-state index contributed by atoms with van der Waals surface area (Å²) in [4.78, 5) is 24.1. The molecule has 4 nitrogen and oxygen atoms in total. The molecule has 0 unspecified atom stereocenters. The molecule has 0 radical (unpaired) electrons. The Bertz CT molecular complexity index is 688. The number of ether oxygens (including phenoxy) is 1. The fraction of sp³-hybridized carbons (Fsp3) is 0.200. The van der Waals surface area contributed by atoms with Crippen LogP contribution in [0.5, 0.6) is 5.75 Å². The van der Waals surface area contributed by atoms with Gasteiger partial charge in [0.15, 0.2) is 5.78 Å². The van der Waals surface area contributed by atoms with Crippen LogP contribution in [0.15, 0.2) is 36.4 Å². The lowest BCUT2D eigenvalue weighted by Crippen LogP contribution is -2.13. The third-order valence-corrected chi connectivity index (χ3v) is 4.06. The Morgan fingerprint density at radius 1 is 1.13 bits per heavy atom. The van der Waals surface area contributed by atoms with E-state index in [1.54, 1.807) is 12.1 Å². The summed E-state index contributed by atoms with van der Waals surface area (Å²) in [7, 11) is 0. The largest absolute Gasteiger partial charge is 0.435 e. The molecular weight excluding hydrogens is 348 g/mol. The number of Topliss-reactive ketones (excluding diaryl/α,β-unsaturated/α-hetero) is 1. The topological polar surface area (TPSA) is 55.4 Å². The molecule has 2 aromatic rings. The van der Waals surface area contributed by atoms with Crippen molar-refractivity contribution in [2.75, 3.05) is 5.32 Å². The van der Waals surface area contributed by atoms with E-state index in [0.29, 0.717) is 14.9 Å². The van der Waals surface area contributed by atoms with Crippen molar-refractivity contribution in [3.05, 3.63) is 45.6 Å². The molecule has 0 aliphatic carbocycles. The van der Waals surface area contributed by atoms with Gasteiger partial charge in [0.25, 0.3) is 0 Å². The second-order valence-electron chi connectivity index (χ2n) is 4.48. The highest BCUT2D eigenvalue weighted by atomic mass is 35.5. The molecule has 1 amide bonds. The van der Waals surface area contributed by atoms with Gasteiger partial charge >= 0.3 is 6.61 Å². The van der Waals surface area contributed by atoms with Gasteiger partial charge < -0.3 is 10.1 Å². The summed E-state index contributed by atoms with van der Waals surface area (Å²) in [5.74, 6) is -0.496. The second-order valence-corrected chi connectivity index (χ2v) is 6.19. The first-order valence-corrected chi connectivity index (χ1v) is 7.77. The van der Waals surface area contributed by atoms with E-state index >= 15 is 0 Å². The minimum absolute atomic E-state index is 0.00255. The molecule has 1 N–H and O–H groups in total. The number of thiophene rings is 1. The summed E-state index contributed by atoms with van der Waals surface area (Å²) in [6, 6.07) is 8.77. The highest BCUT2D eigenvalue weighted by Crippen LogP contribution is 2.23. The van der Waals surface area contributed by atoms with Gasteiger partial charge in [-0.15, -0.1) is 11.3 Å². The van der Waals surface area contributed by atoms with Crippen molar-refractivity contribution in [1.82, 2.24) is 0 Å². The summed E-state index contributed by atoms with van der Waals surface area (Å²) in [5, 5.41) is 2.58. The molecule has 1 aromatic heterocycles. The Balaban J connectivity index is 1.81. The van der Waals surface area contributed by atoms with Crippen LogP contribution in [0.1, 0.15) is 22.5 Å². The van der Waals surface area contributed by atoms with Crippen LogP contribution in [-0.4, -0.2) is 18.3 Å². The summed E-state index contributed by atoms with van der Waals surface area (Å²) in [6.07, 6.45) is 0.0822. The number of ketones is 1. The zero-order valence-corrected chi connectivity index (χ0v) is 13.3. The van der Waals surface area contributed by atoms with Gasteiger partial charge in [0.2, 0.25) is 5.91 Å². The zero-order chi connectivity index (χ0) is 16.8. The molecule has 0 spiro atoms. The van der Waals surface area contributed by atoms with Crippen molar-refractivity contribution in [3.63, 3.8) is 0 Å². The first kappa shape index (κ1) is 17.4. The highest BCUT2D eigenvalue weighted by molar-refractivity contribution is 7.18. The Morgan fingerprint density at radius 2 is 1.83 bits per heavy atom. The Kier molecular flexibility index (Phi) is 6.06. The van der Waals surface area contributed by atoms with E-state index in [2.05, 4.69) is 10.1 Å². The number of rotatable bonds is 7. The van der Waals surface area contributed by atoms with E-state index in [1.165, 1.54) is 35.6 Å². The van der Waals surface area contributed by atoms with Crippen LogP contribution >= 0.6 is 22.9 Å². The molecule has 0 saturated heterocycles. The van der Waals surface area contributed by atoms with Crippen molar-refractivity contribution in [2.24, 2.45) is 0 Å². The standard InChI is InChI=1S/C15H12ClF2NO3S/c16-13-7-6-12(23-13)11(20)5-8-14(21)19-9-1-3-10(4-2-9)22-15(17)18/h1-4,6-7,15H,5,8H2,(H,19,21). The number of hydrogen-bond donors (Lipinski definition) is 1. The molecule has 0 fully saturated rings. The van der Waals surface area contributed by atoms with E-state index in [-0.39, 0.29) is 30.3 Å². The summed E-state index contributed by atoms with van der Waals surface area (Å²) in [6.45, 7) is -2.90. The molecule has 0 bridgehead atoms. The van der Waals surface area contributed by atoms with Crippen molar-refractivity contribution >= 4 is 40.3 Å². The number of nitrogens with one attached hydrogen (secondary N) is 1. The molecule has 0 saturated carbocycles. The van der Waals surface area contributed by atoms with Crippen LogP contribution in [0.3, 0.4) is 0 Å². The lowest BCUT2D eigenvalue weighted by Gasteiger charge is -2.07. The van der Waals surface area contributed by atoms with Gasteiger partial charge in [-0.3, -0.25) is 9.59 Å². The molecule has 23 heavy (non-hydrogen) atoms. The molecule has 1 aromatic carbocycles. The third-order valence-electron chi connectivity index (χ3n) is 2.79. The number of halogens is 3. The average Bonchev–Trinajstić information content (AvgIpc) is 2.93. The second kappa shape index (κ2) is 8.03. The lowest BCUT2D eigenvalue weighted by molar-refractivity contribution is -0.116. The third kappa shape index (κ3) is 5.61. The minimum Gasteiger partial charge on any atom is -0.435 e. The maximum Gasteiger partial charge on any atom is 0.387 e. The van der Waals surface area contributed by atoms with E-state index in [9.17, 15) is 18.4 Å². The SMILES string of the molecule is O=C(CCC(=O)c1ccc(Cl)s1)Nc1ccc(OC(F)F)cc1. The number of carbonyl (C=O) groups excluding carboxylic acids is 2. The smallest absolute Gasteiger partial charge is 0.387 e. The Morgan fingerprint density at radius 3 is 2.39 bits per heavy atom.